The van der Waals surface area contributed by atoms with E-state index in [1.165, 1.54) is 5.69 Å². The Morgan fingerprint density at radius 1 is 1.43 bits per heavy atom. The largest absolute Gasteiger partial charge is 0.444 e. The van der Waals surface area contributed by atoms with Gasteiger partial charge in [-0.2, -0.15) is 0 Å². The number of hydrogen-bond donors (Lipinski definition) is 1. The highest BCUT2D eigenvalue weighted by molar-refractivity contribution is 5.68. The standard InChI is InChI=1S/C16H27N3O2/c1-12-11-18(15(20)21-16(3,4)5)9-10-19(12)13(2)14-7-6-8-17-14/h6-8,12-13,17H,9-11H2,1-5H3/t12-,13-/m1/s1. The Kier molecular flexibility index (Phi) is 4.61. The summed E-state index contributed by atoms with van der Waals surface area (Å²) >= 11 is 0. The van der Waals surface area contributed by atoms with Gasteiger partial charge in [0.1, 0.15) is 5.60 Å². The third-order valence-electron chi connectivity index (χ3n) is 3.90. The Hall–Kier alpha value is -1.49. The lowest BCUT2D eigenvalue weighted by molar-refractivity contribution is -0.000989. The summed E-state index contributed by atoms with van der Waals surface area (Å²) in [5.41, 5.74) is 0.780. The number of nitrogens with zero attached hydrogens (tertiary/aromatic N) is 2. The molecule has 5 nitrogen and oxygen atoms in total. The van der Waals surface area contributed by atoms with Crippen molar-refractivity contribution in [1.29, 1.82) is 0 Å². The minimum Gasteiger partial charge on any atom is -0.444 e. The van der Waals surface area contributed by atoms with Crippen LogP contribution in [0.2, 0.25) is 0 Å². The molecular weight excluding hydrogens is 266 g/mol. The molecule has 1 saturated heterocycles. The van der Waals surface area contributed by atoms with Crippen molar-refractivity contribution in [2.75, 3.05) is 19.6 Å². The smallest absolute Gasteiger partial charge is 0.410 e. The van der Waals surface area contributed by atoms with E-state index in [9.17, 15) is 4.79 Å². The van der Waals surface area contributed by atoms with Gasteiger partial charge in [0.15, 0.2) is 0 Å². The lowest BCUT2D eigenvalue weighted by Gasteiger charge is -2.42. The minimum absolute atomic E-state index is 0.207. The Bertz CT molecular complexity index is 464. The Labute approximate surface area is 127 Å². The SMILES string of the molecule is C[C@@H]1CN(C(=O)OC(C)(C)C)CCN1[C@H](C)c1ccc[nH]1. The molecule has 1 N–H and O–H groups in total. The molecule has 2 heterocycles. The molecule has 2 atom stereocenters. The molecule has 1 fully saturated rings. The highest BCUT2D eigenvalue weighted by Gasteiger charge is 2.32. The van der Waals surface area contributed by atoms with Crippen LogP contribution in [0.3, 0.4) is 0 Å². The molecule has 1 aromatic heterocycles. The fourth-order valence-corrected chi connectivity index (χ4v) is 2.82. The van der Waals surface area contributed by atoms with Crippen LogP contribution in [0.1, 0.15) is 46.4 Å². The van der Waals surface area contributed by atoms with E-state index in [4.69, 9.17) is 4.74 Å². The molecule has 0 saturated carbocycles. The van der Waals surface area contributed by atoms with E-state index in [-0.39, 0.29) is 6.09 Å². The molecule has 21 heavy (non-hydrogen) atoms. The number of carbonyl (C=O) groups excluding carboxylic acids is 1. The lowest BCUT2D eigenvalue weighted by atomic mass is 10.1. The highest BCUT2D eigenvalue weighted by Crippen LogP contribution is 2.24. The number of piperazine rings is 1. The number of nitrogens with one attached hydrogen (secondary N) is 1. The summed E-state index contributed by atoms with van der Waals surface area (Å²) in [7, 11) is 0. The maximum Gasteiger partial charge on any atom is 0.410 e. The van der Waals surface area contributed by atoms with Gasteiger partial charge < -0.3 is 14.6 Å². The maximum atomic E-state index is 12.1. The van der Waals surface area contributed by atoms with Crippen LogP contribution in [-0.2, 0) is 4.74 Å². The second-order valence-corrected chi connectivity index (χ2v) is 6.81. The van der Waals surface area contributed by atoms with E-state index in [0.29, 0.717) is 25.2 Å². The maximum absolute atomic E-state index is 12.1. The van der Waals surface area contributed by atoms with Crippen molar-refractivity contribution in [3.05, 3.63) is 24.0 Å². The van der Waals surface area contributed by atoms with Gasteiger partial charge in [-0.1, -0.05) is 0 Å². The Morgan fingerprint density at radius 2 is 2.14 bits per heavy atom. The zero-order valence-corrected chi connectivity index (χ0v) is 13.7. The molecule has 0 spiro atoms. The lowest BCUT2D eigenvalue weighted by Crippen LogP contribution is -2.54. The molecule has 1 amide bonds. The average Bonchev–Trinajstić information content (AvgIpc) is 2.89. The first-order valence-electron chi connectivity index (χ1n) is 7.65. The van der Waals surface area contributed by atoms with Gasteiger partial charge in [-0.25, -0.2) is 4.79 Å². The third kappa shape index (κ3) is 4.00. The molecule has 118 valence electrons. The number of ether oxygens (including phenoxy) is 1. The van der Waals surface area contributed by atoms with Gasteiger partial charge in [0.25, 0.3) is 0 Å². The van der Waals surface area contributed by atoms with Gasteiger partial charge in [0.2, 0.25) is 0 Å². The first-order valence-corrected chi connectivity index (χ1v) is 7.65. The fraction of sp³-hybridized carbons (Fsp3) is 0.688. The molecule has 2 rings (SSSR count). The normalized spacial score (nSPS) is 22.1. The molecule has 0 unspecified atom stereocenters. The van der Waals surface area contributed by atoms with Gasteiger partial charge in [0.05, 0.1) is 0 Å². The van der Waals surface area contributed by atoms with Crippen molar-refractivity contribution >= 4 is 6.09 Å². The zero-order chi connectivity index (χ0) is 15.6. The average molecular weight is 293 g/mol. The van der Waals surface area contributed by atoms with Crippen molar-refractivity contribution in [2.24, 2.45) is 0 Å². The molecule has 1 aliphatic heterocycles. The topological polar surface area (TPSA) is 48.6 Å². The van der Waals surface area contributed by atoms with Crippen LogP contribution < -0.4 is 0 Å². The Morgan fingerprint density at radius 3 is 2.67 bits per heavy atom. The summed E-state index contributed by atoms with van der Waals surface area (Å²) in [6.45, 7) is 12.3. The third-order valence-corrected chi connectivity index (χ3v) is 3.90. The minimum atomic E-state index is -0.436. The van der Waals surface area contributed by atoms with E-state index in [2.05, 4.69) is 29.8 Å². The molecule has 5 heteroatoms. The quantitative estimate of drug-likeness (QED) is 0.912. The van der Waals surface area contributed by atoms with E-state index >= 15 is 0 Å². The second kappa shape index (κ2) is 6.10. The van der Waals surface area contributed by atoms with Crippen LogP contribution in [0.4, 0.5) is 4.79 Å². The van der Waals surface area contributed by atoms with Gasteiger partial charge in [-0.15, -0.1) is 0 Å². The molecule has 1 aliphatic rings. The first kappa shape index (κ1) is 15.9. The number of carbonyl (C=O) groups is 1. The van der Waals surface area contributed by atoms with Crippen molar-refractivity contribution in [3.63, 3.8) is 0 Å². The number of amides is 1. The fourth-order valence-electron chi connectivity index (χ4n) is 2.82. The van der Waals surface area contributed by atoms with Crippen molar-refractivity contribution < 1.29 is 9.53 Å². The highest BCUT2D eigenvalue weighted by atomic mass is 16.6. The zero-order valence-electron chi connectivity index (χ0n) is 13.7. The van der Waals surface area contributed by atoms with Gasteiger partial charge in [-0.05, 0) is 46.8 Å². The number of H-pyrrole nitrogens is 1. The molecule has 0 aromatic carbocycles. The van der Waals surface area contributed by atoms with Crippen LogP contribution in [0, 0.1) is 0 Å². The number of hydrogen-bond acceptors (Lipinski definition) is 3. The molecule has 1 aromatic rings. The Balaban J connectivity index is 1.94. The van der Waals surface area contributed by atoms with E-state index in [1.807, 2.05) is 37.9 Å². The van der Waals surface area contributed by atoms with Crippen LogP contribution in [0.15, 0.2) is 18.3 Å². The molecule has 0 bridgehead atoms. The predicted octanol–water partition coefficient (Wildman–Crippen LogP) is 3.02. The summed E-state index contributed by atoms with van der Waals surface area (Å²) in [6, 6.07) is 4.77. The monoisotopic (exact) mass is 293 g/mol. The van der Waals surface area contributed by atoms with Crippen LogP contribution >= 0.6 is 0 Å². The van der Waals surface area contributed by atoms with Gasteiger partial charge >= 0.3 is 6.09 Å². The number of aromatic amines is 1. The van der Waals surface area contributed by atoms with Crippen molar-refractivity contribution in [1.82, 2.24) is 14.8 Å². The summed E-state index contributed by atoms with van der Waals surface area (Å²) in [5, 5.41) is 0. The molecule has 0 radical (unpaired) electrons. The molecule has 0 aliphatic carbocycles. The number of rotatable bonds is 2. The van der Waals surface area contributed by atoms with E-state index in [1.54, 1.807) is 0 Å². The predicted molar refractivity (Wildman–Crippen MR) is 83.2 cm³/mol. The van der Waals surface area contributed by atoms with E-state index < -0.39 is 5.60 Å². The van der Waals surface area contributed by atoms with E-state index in [0.717, 1.165) is 6.54 Å². The molecular formula is C16H27N3O2. The van der Waals surface area contributed by atoms with Crippen LogP contribution in [0.5, 0.6) is 0 Å². The summed E-state index contributed by atoms with van der Waals surface area (Å²) in [4.78, 5) is 19.7. The van der Waals surface area contributed by atoms with Gasteiger partial charge in [0, 0.05) is 43.6 Å². The first-order chi connectivity index (χ1) is 9.78. The van der Waals surface area contributed by atoms with Crippen LogP contribution in [-0.4, -0.2) is 52.2 Å². The van der Waals surface area contributed by atoms with Crippen molar-refractivity contribution in [2.45, 2.75) is 52.3 Å². The summed E-state index contributed by atoms with van der Waals surface area (Å²) in [6.07, 6.45) is 1.74. The van der Waals surface area contributed by atoms with Crippen molar-refractivity contribution in [3.8, 4) is 0 Å². The summed E-state index contributed by atoms with van der Waals surface area (Å²) < 4.78 is 5.46. The number of aromatic nitrogens is 1. The summed E-state index contributed by atoms with van der Waals surface area (Å²) in [5.74, 6) is 0. The van der Waals surface area contributed by atoms with Gasteiger partial charge in [-0.3, -0.25) is 4.90 Å². The van der Waals surface area contributed by atoms with Crippen LogP contribution in [0.25, 0.3) is 0 Å². The second-order valence-electron chi connectivity index (χ2n) is 6.81.